The Morgan fingerprint density at radius 3 is 2.80 bits per heavy atom. The molecule has 0 aliphatic carbocycles. The van der Waals surface area contributed by atoms with E-state index in [0.717, 1.165) is 25.0 Å². The van der Waals surface area contributed by atoms with Crippen LogP contribution in [0.15, 0.2) is 18.2 Å². The lowest BCUT2D eigenvalue weighted by atomic mass is 10.1. The molecule has 1 nitrogen and oxygen atoms in total. The van der Waals surface area contributed by atoms with Gasteiger partial charge in [-0.1, -0.05) is 40.5 Å². The molecule has 0 spiro atoms. The fourth-order valence-electron chi connectivity index (χ4n) is 1.39. The Labute approximate surface area is 105 Å². The Hall–Kier alpha value is -0.210. The summed E-state index contributed by atoms with van der Waals surface area (Å²) in [6, 6.07) is 5.96. The fraction of sp³-hybridized carbons (Fsp3) is 0.500. The van der Waals surface area contributed by atoms with Crippen molar-refractivity contribution in [3.8, 4) is 5.75 Å². The Morgan fingerprint density at radius 1 is 1.47 bits per heavy atom. The van der Waals surface area contributed by atoms with E-state index in [1.165, 1.54) is 5.56 Å². The summed E-state index contributed by atoms with van der Waals surface area (Å²) in [6.45, 7) is 2.18. The zero-order chi connectivity index (χ0) is 11.3. The number of benzene rings is 1. The third-order valence-corrected chi connectivity index (χ3v) is 3.82. The summed E-state index contributed by atoms with van der Waals surface area (Å²) in [5, 5.41) is 0.673. The second kappa shape index (κ2) is 6.39. The maximum absolute atomic E-state index is 5.95. The molecule has 1 rings (SSSR count). The lowest BCUT2D eigenvalue weighted by molar-refractivity contribution is 0.414. The van der Waals surface area contributed by atoms with Crippen molar-refractivity contribution in [3.63, 3.8) is 0 Å². The van der Waals surface area contributed by atoms with E-state index >= 15 is 0 Å². The zero-order valence-corrected chi connectivity index (χ0v) is 11.4. The second-order valence-corrected chi connectivity index (χ2v) is 5.22. The minimum absolute atomic E-state index is 0.596. The summed E-state index contributed by atoms with van der Waals surface area (Å²) in [4.78, 5) is 0.596. The summed E-state index contributed by atoms with van der Waals surface area (Å²) >= 11 is 9.58. The third-order valence-electron chi connectivity index (χ3n) is 2.40. The molecule has 0 aromatic heterocycles. The molecule has 0 fully saturated rings. The molecular weight excluding hydrogens is 275 g/mol. The average molecular weight is 292 g/mol. The van der Waals surface area contributed by atoms with Gasteiger partial charge in [-0.25, -0.2) is 0 Å². The van der Waals surface area contributed by atoms with Gasteiger partial charge in [0.1, 0.15) is 5.75 Å². The molecule has 0 aliphatic rings. The molecule has 0 saturated carbocycles. The average Bonchev–Trinajstić information content (AvgIpc) is 2.27. The molecule has 1 aromatic rings. The van der Waals surface area contributed by atoms with Crippen molar-refractivity contribution in [3.05, 3.63) is 28.8 Å². The number of hydrogen-bond donors (Lipinski definition) is 0. The molecule has 15 heavy (non-hydrogen) atoms. The van der Waals surface area contributed by atoms with Gasteiger partial charge >= 0.3 is 0 Å². The quantitative estimate of drug-likeness (QED) is 0.728. The van der Waals surface area contributed by atoms with Crippen molar-refractivity contribution >= 4 is 27.5 Å². The molecule has 1 aromatic carbocycles. The first-order chi connectivity index (χ1) is 7.17. The Kier molecular flexibility index (Phi) is 5.48. The van der Waals surface area contributed by atoms with Crippen LogP contribution in [-0.4, -0.2) is 11.9 Å². The van der Waals surface area contributed by atoms with Gasteiger partial charge in [0.25, 0.3) is 0 Å². The SMILES string of the molecule is CCC(Br)CCc1ccc(Cl)c(OC)c1. The van der Waals surface area contributed by atoms with Crippen LogP contribution in [-0.2, 0) is 6.42 Å². The van der Waals surface area contributed by atoms with E-state index in [1.54, 1.807) is 7.11 Å². The number of hydrogen-bond acceptors (Lipinski definition) is 1. The van der Waals surface area contributed by atoms with E-state index in [0.29, 0.717) is 9.85 Å². The first kappa shape index (κ1) is 12.9. The van der Waals surface area contributed by atoms with E-state index in [2.05, 4.69) is 28.9 Å². The van der Waals surface area contributed by atoms with Gasteiger partial charge < -0.3 is 4.74 Å². The summed E-state index contributed by atoms with van der Waals surface area (Å²) in [6.07, 6.45) is 3.35. The molecule has 1 unspecified atom stereocenters. The highest BCUT2D eigenvalue weighted by Crippen LogP contribution is 2.26. The van der Waals surface area contributed by atoms with Gasteiger partial charge in [0.15, 0.2) is 0 Å². The summed E-state index contributed by atoms with van der Waals surface area (Å²) in [7, 11) is 1.64. The van der Waals surface area contributed by atoms with E-state index in [1.807, 2.05) is 12.1 Å². The minimum atomic E-state index is 0.596. The van der Waals surface area contributed by atoms with Crippen LogP contribution in [0.3, 0.4) is 0 Å². The fourth-order valence-corrected chi connectivity index (χ4v) is 1.81. The van der Waals surface area contributed by atoms with Crippen LogP contribution in [0, 0.1) is 0 Å². The Balaban J connectivity index is 2.62. The van der Waals surface area contributed by atoms with Crippen LogP contribution in [0.5, 0.6) is 5.75 Å². The molecule has 0 N–H and O–H groups in total. The van der Waals surface area contributed by atoms with Crippen molar-refractivity contribution < 1.29 is 4.74 Å². The van der Waals surface area contributed by atoms with Crippen molar-refractivity contribution in [1.29, 1.82) is 0 Å². The maximum atomic E-state index is 5.95. The number of rotatable bonds is 5. The van der Waals surface area contributed by atoms with Crippen LogP contribution >= 0.6 is 27.5 Å². The van der Waals surface area contributed by atoms with Gasteiger partial charge in [-0.05, 0) is 37.0 Å². The second-order valence-electron chi connectivity index (χ2n) is 3.51. The Bertz CT molecular complexity index is 314. The van der Waals surface area contributed by atoms with Gasteiger partial charge in [0.05, 0.1) is 12.1 Å². The number of methoxy groups -OCH3 is 1. The largest absolute Gasteiger partial charge is 0.495 e. The van der Waals surface area contributed by atoms with Gasteiger partial charge in [0.2, 0.25) is 0 Å². The van der Waals surface area contributed by atoms with Gasteiger partial charge in [-0.2, -0.15) is 0 Å². The van der Waals surface area contributed by atoms with E-state index in [9.17, 15) is 0 Å². The highest BCUT2D eigenvalue weighted by molar-refractivity contribution is 9.09. The van der Waals surface area contributed by atoms with E-state index in [4.69, 9.17) is 16.3 Å². The van der Waals surface area contributed by atoms with E-state index in [-0.39, 0.29) is 0 Å². The molecule has 3 heteroatoms. The molecule has 1 atom stereocenters. The van der Waals surface area contributed by atoms with Gasteiger partial charge in [-0.3, -0.25) is 0 Å². The number of halogens is 2. The van der Waals surface area contributed by atoms with Gasteiger partial charge in [0, 0.05) is 4.83 Å². The number of ether oxygens (including phenoxy) is 1. The Morgan fingerprint density at radius 2 is 2.20 bits per heavy atom. The highest BCUT2D eigenvalue weighted by Gasteiger charge is 2.04. The zero-order valence-electron chi connectivity index (χ0n) is 9.09. The van der Waals surface area contributed by atoms with Crippen LogP contribution in [0.1, 0.15) is 25.3 Å². The molecule has 0 radical (unpaired) electrons. The first-order valence-corrected chi connectivity index (χ1v) is 6.43. The standard InChI is InChI=1S/C12H16BrClO/c1-3-10(13)6-4-9-5-7-11(14)12(8-9)15-2/h5,7-8,10H,3-4,6H2,1-2H3. The molecular formula is C12H16BrClO. The lowest BCUT2D eigenvalue weighted by Gasteiger charge is -2.08. The van der Waals surface area contributed by atoms with Crippen molar-refractivity contribution in [2.45, 2.75) is 31.0 Å². The summed E-state index contributed by atoms with van der Waals surface area (Å²) < 4.78 is 5.18. The molecule has 0 heterocycles. The predicted octanol–water partition coefficient (Wildman–Crippen LogP) is 4.45. The predicted molar refractivity (Wildman–Crippen MR) is 69.3 cm³/mol. The van der Waals surface area contributed by atoms with Crippen LogP contribution in [0.4, 0.5) is 0 Å². The van der Waals surface area contributed by atoms with Crippen LogP contribution in [0.2, 0.25) is 5.02 Å². The topological polar surface area (TPSA) is 9.23 Å². The number of aryl methyl sites for hydroxylation is 1. The first-order valence-electron chi connectivity index (χ1n) is 5.13. The maximum Gasteiger partial charge on any atom is 0.137 e. The summed E-state index contributed by atoms with van der Waals surface area (Å²) in [5.74, 6) is 0.761. The minimum Gasteiger partial charge on any atom is -0.495 e. The highest BCUT2D eigenvalue weighted by atomic mass is 79.9. The third kappa shape index (κ3) is 4.04. The molecule has 84 valence electrons. The smallest absolute Gasteiger partial charge is 0.137 e. The molecule has 0 bridgehead atoms. The van der Waals surface area contributed by atoms with Crippen LogP contribution in [0.25, 0.3) is 0 Å². The summed E-state index contributed by atoms with van der Waals surface area (Å²) in [5.41, 5.74) is 1.27. The molecule has 0 amide bonds. The van der Waals surface area contributed by atoms with Crippen molar-refractivity contribution in [2.24, 2.45) is 0 Å². The van der Waals surface area contributed by atoms with Crippen molar-refractivity contribution in [2.75, 3.05) is 7.11 Å². The van der Waals surface area contributed by atoms with Crippen LogP contribution < -0.4 is 4.74 Å². The van der Waals surface area contributed by atoms with Crippen molar-refractivity contribution in [1.82, 2.24) is 0 Å². The normalized spacial score (nSPS) is 12.5. The lowest BCUT2D eigenvalue weighted by Crippen LogP contribution is -1.98. The monoisotopic (exact) mass is 290 g/mol. The molecule has 0 aliphatic heterocycles. The van der Waals surface area contributed by atoms with Gasteiger partial charge in [-0.15, -0.1) is 0 Å². The molecule has 0 saturated heterocycles. The van der Waals surface area contributed by atoms with E-state index < -0.39 is 0 Å². The number of alkyl halides is 1.